The van der Waals surface area contributed by atoms with Gasteiger partial charge in [0, 0.05) is 18.2 Å². The molecular formula is C10H14N2O. The molecule has 0 aromatic carbocycles. The SMILES string of the molecule is Cc1nc(C)n2c1CCC(C=O)C2. The highest BCUT2D eigenvalue weighted by Crippen LogP contribution is 2.22. The van der Waals surface area contributed by atoms with Crippen LogP contribution < -0.4 is 0 Å². The van der Waals surface area contributed by atoms with Gasteiger partial charge >= 0.3 is 0 Å². The van der Waals surface area contributed by atoms with Crippen molar-refractivity contribution < 1.29 is 4.79 Å². The fourth-order valence-electron chi connectivity index (χ4n) is 2.08. The zero-order valence-corrected chi connectivity index (χ0v) is 8.08. The Morgan fingerprint density at radius 1 is 1.54 bits per heavy atom. The topological polar surface area (TPSA) is 34.9 Å². The van der Waals surface area contributed by atoms with Gasteiger partial charge in [-0.1, -0.05) is 0 Å². The fourth-order valence-corrected chi connectivity index (χ4v) is 2.08. The molecule has 1 unspecified atom stereocenters. The number of rotatable bonds is 1. The molecule has 0 fully saturated rings. The molecule has 1 aliphatic heterocycles. The smallest absolute Gasteiger partial charge is 0.124 e. The van der Waals surface area contributed by atoms with Crippen LogP contribution in [0.25, 0.3) is 0 Å². The van der Waals surface area contributed by atoms with E-state index in [1.165, 1.54) is 5.69 Å². The fraction of sp³-hybridized carbons (Fsp3) is 0.600. The number of hydrogen-bond donors (Lipinski definition) is 0. The maximum atomic E-state index is 10.7. The second-order valence-corrected chi connectivity index (χ2v) is 3.74. The number of aryl methyl sites for hydroxylation is 2. The van der Waals surface area contributed by atoms with Crippen molar-refractivity contribution in [2.45, 2.75) is 33.2 Å². The van der Waals surface area contributed by atoms with E-state index in [9.17, 15) is 4.79 Å². The molecule has 0 radical (unpaired) electrons. The molecule has 1 atom stereocenters. The molecule has 0 amide bonds. The van der Waals surface area contributed by atoms with Crippen LogP contribution in [0.3, 0.4) is 0 Å². The van der Waals surface area contributed by atoms with Gasteiger partial charge < -0.3 is 9.36 Å². The van der Waals surface area contributed by atoms with Crippen LogP contribution in [0.1, 0.15) is 23.6 Å². The Morgan fingerprint density at radius 3 is 3.00 bits per heavy atom. The van der Waals surface area contributed by atoms with E-state index >= 15 is 0 Å². The van der Waals surface area contributed by atoms with E-state index in [1.807, 2.05) is 13.8 Å². The minimum absolute atomic E-state index is 0.194. The van der Waals surface area contributed by atoms with E-state index in [4.69, 9.17) is 0 Å². The first kappa shape index (κ1) is 8.48. The number of hydrogen-bond acceptors (Lipinski definition) is 2. The van der Waals surface area contributed by atoms with E-state index in [1.54, 1.807) is 0 Å². The first-order chi connectivity index (χ1) is 6.22. The molecule has 2 rings (SSSR count). The van der Waals surface area contributed by atoms with E-state index in [-0.39, 0.29) is 5.92 Å². The molecule has 3 nitrogen and oxygen atoms in total. The van der Waals surface area contributed by atoms with E-state index in [0.29, 0.717) is 0 Å². The summed E-state index contributed by atoms with van der Waals surface area (Å²) in [6.07, 6.45) is 3.04. The molecule has 70 valence electrons. The van der Waals surface area contributed by atoms with Gasteiger partial charge in [-0.3, -0.25) is 0 Å². The Labute approximate surface area is 77.8 Å². The molecule has 1 aromatic heterocycles. The standard InChI is InChI=1S/C10H14N2O/c1-7-10-4-3-9(6-13)5-12(10)8(2)11-7/h6,9H,3-5H2,1-2H3. The zero-order valence-electron chi connectivity index (χ0n) is 8.08. The third-order valence-electron chi connectivity index (χ3n) is 2.83. The summed E-state index contributed by atoms with van der Waals surface area (Å²) in [4.78, 5) is 15.1. The summed E-state index contributed by atoms with van der Waals surface area (Å²) in [6, 6.07) is 0. The molecule has 1 aromatic rings. The lowest BCUT2D eigenvalue weighted by atomic mass is 9.99. The molecule has 3 heteroatoms. The normalized spacial score (nSPS) is 21.2. The van der Waals surface area contributed by atoms with Gasteiger partial charge in [-0.2, -0.15) is 0 Å². The summed E-state index contributed by atoms with van der Waals surface area (Å²) in [6.45, 7) is 4.87. The summed E-state index contributed by atoms with van der Waals surface area (Å²) in [5, 5.41) is 0. The number of carbonyl (C=O) groups excluding carboxylic acids is 1. The van der Waals surface area contributed by atoms with Crippen LogP contribution in [0.15, 0.2) is 0 Å². The Kier molecular flexibility index (Phi) is 1.94. The van der Waals surface area contributed by atoms with Gasteiger partial charge in [-0.05, 0) is 26.7 Å². The minimum Gasteiger partial charge on any atom is -0.331 e. The predicted octanol–water partition coefficient (Wildman–Crippen LogP) is 1.26. The van der Waals surface area contributed by atoms with Crippen LogP contribution in [0, 0.1) is 19.8 Å². The minimum atomic E-state index is 0.194. The van der Waals surface area contributed by atoms with Crippen LogP contribution in [0.4, 0.5) is 0 Å². The van der Waals surface area contributed by atoms with Crippen molar-refractivity contribution in [3.63, 3.8) is 0 Å². The predicted molar refractivity (Wildman–Crippen MR) is 49.6 cm³/mol. The Bertz CT molecular complexity index is 341. The molecule has 0 saturated heterocycles. The highest BCUT2D eigenvalue weighted by atomic mass is 16.1. The molecule has 1 aliphatic rings. The maximum Gasteiger partial charge on any atom is 0.124 e. The molecule has 0 N–H and O–H groups in total. The third kappa shape index (κ3) is 1.28. The average molecular weight is 178 g/mol. The van der Waals surface area contributed by atoms with Crippen molar-refractivity contribution in [3.05, 3.63) is 17.2 Å². The van der Waals surface area contributed by atoms with Gasteiger partial charge in [0.15, 0.2) is 0 Å². The van der Waals surface area contributed by atoms with Crippen LogP contribution >= 0.6 is 0 Å². The molecule has 13 heavy (non-hydrogen) atoms. The molecule has 2 heterocycles. The second-order valence-electron chi connectivity index (χ2n) is 3.74. The van der Waals surface area contributed by atoms with Crippen molar-refractivity contribution in [1.82, 2.24) is 9.55 Å². The molecule has 0 aliphatic carbocycles. The summed E-state index contributed by atoms with van der Waals surface area (Å²) in [5.41, 5.74) is 2.44. The number of aromatic nitrogens is 2. The van der Waals surface area contributed by atoms with Crippen molar-refractivity contribution in [2.75, 3.05) is 0 Å². The Balaban J connectivity index is 2.38. The van der Waals surface area contributed by atoms with Crippen molar-refractivity contribution in [3.8, 4) is 0 Å². The van der Waals surface area contributed by atoms with Gasteiger partial charge in [-0.25, -0.2) is 4.98 Å². The quantitative estimate of drug-likeness (QED) is 0.607. The van der Waals surface area contributed by atoms with E-state index in [0.717, 1.165) is 37.2 Å². The third-order valence-corrected chi connectivity index (χ3v) is 2.83. The van der Waals surface area contributed by atoms with Gasteiger partial charge in [-0.15, -0.1) is 0 Å². The number of aldehydes is 1. The van der Waals surface area contributed by atoms with Crippen LogP contribution in [-0.4, -0.2) is 15.8 Å². The van der Waals surface area contributed by atoms with Crippen molar-refractivity contribution in [2.24, 2.45) is 5.92 Å². The summed E-state index contributed by atoms with van der Waals surface area (Å²) >= 11 is 0. The van der Waals surface area contributed by atoms with Gasteiger partial charge in [0.05, 0.1) is 5.69 Å². The van der Waals surface area contributed by atoms with Crippen LogP contribution in [0.5, 0.6) is 0 Å². The first-order valence-corrected chi connectivity index (χ1v) is 4.70. The van der Waals surface area contributed by atoms with Crippen molar-refractivity contribution in [1.29, 1.82) is 0 Å². The number of nitrogens with zero attached hydrogens (tertiary/aromatic N) is 2. The second kappa shape index (κ2) is 2.98. The monoisotopic (exact) mass is 178 g/mol. The summed E-state index contributed by atoms with van der Waals surface area (Å²) in [7, 11) is 0. The highest BCUT2D eigenvalue weighted by Gasteiger charge is 2.21. The molecular weight excluding hydrogens is 164 g/mol. The van der Waals surface area contributed by atoms with E-state index < -0.39 is 0 Å². The maximum absolute atomic E-state index is 10.7. The molecule has 0 saturated carbocycles. The lowest BCUT2D eigenvalue weighted by Crippen LogP contribution is -2.21. The van der Waals surface area contributed by atoms with Gasteiger partial charge in [0.25, 0.3) is 0 Å². The number of carbonyl (C=O) groups is 1. The lowest BCUT2D eigenvalue weighted by molar-refractivity contribution is -0.111. The zero-order chi connectivity index (χ0) is 9.42. The highest BCUT2D eigenvalue weighted by molar-refractivity contribution is 5.53. The number of imidazole rings is 1. The van der Waals surface area contributed by atoms with Crippen LogP contribution in [-0.2, 0) is 17.8 Å². The van der Waals surface area contributed by atoms with Crippen molar-refractivity contribution >= 4 is 6.29 Å². The first-order valence-electron chi connectivity index (χ1n) is 4.70. The molecule has 0 bridgehead atoms. The Hall–Kier alpha value is -1.12. The average Bonchev–Trinajstić information content (AvgIpc) is 2.42. The summed E-state index contributed by atoms with van der Waals surface area (Å²) < 4.78 is 2.18. The van der Waals surface area contributed by atoms with Crippen LogP contribution in [0.2, 0.25) is 0 Å². The largest absolute Gasteiger partial charge is 0.331 e. The van der Waals surface area contributed by atoms with E-state index in [2.05, 4.69) is 9.55 Å². The molecule has 0 spiro atoms. The summed E-state index contributed by atoms with van der Waals surface area (Å²) in [5.74, 6) is 1.24. The van der Waals surface area contributed by atoms with Gasteiger partial charge in [0.1, 0.15) is 12.1 Å². The lowest BCUT2D eigenvalue weighted by Gasteiger charge is -2.21. The Morgan fingerprint density at radius 2 is 2.31 bits per heavy atom. The van der Waals surface area contributed by atoms with Gasteiger partial charge in [0.2, 0.25) is 0 Å². The number of fused-ring (bicyclic) bond motifs is 1.